The van der Waals surface area contributed by atoms with Crippen LogP contribution in [0.3, 0.4) is 0 Å². The van der Waals surface area contributed by atoms with Gasteiger partial charge in [0.1, 0.15) is 0 Å². The van der Waals surface area contributed by atoms with Gasteiger partial charge in [0.2, 0.25) is 0 Å². The van der Waals surface area contributed by atoms with Crippen LogP contribution in [0.2, 0.25) is 0 Å². The summed E-state index contributed by atoms with van der Waals surface area (Å²) in [6, 6.07) is 0.657. The molecular formula is C18H36N4O2. The summed E-state index contributed by atoms with van der Waals surface area (Å²) in [7, 11) is 0. The Kier molecular flexibility index (Phi) is 9.46. The van der Waals surface area contributed by atoms with E-state index in [9.17, 15) is 0 Å². The fraction of sp³-hybridized carbons (Fsp3) is 0.944. The summed E-state index contributed by atoms with van der Waals surface area (Å²) >= 11 is 0. The van der Waals surface area contributed by atoms with Crippen LogP contribution in [0.25, 0.3) is 0 Å². The standard InChI is InChI=1S/C18H36N4O2/c1-3-5-11-23-12-7-9-20-18(19-4-2)21-13-17-14-22-10-6-8-16(22)15-24-17/h16-17H,3-15H2,1-2H3,(H2,19,20,21). The number of nitrogens with zero attached hydrogens (tertiary/aromatic N) is 2. The van der Waals surface area contributed by atoms with Crippen molar-refractivity contribution in [3.05, 3.63) is 0 Å². The highest BCUT2D eigenvalue weighted by atomic mass is 16.5. The fourth-order valence-corrected chi connectivity index (χ4v) is 3.26. The molecular weight excluding hydrogens is 304 g/mol. The van der Waals surface area contributed by atoms with Gasteiger partial charge in [-0.05, 0) is 39.2 Å². The van der Waals surface area contributed by atoms with Crippen LogP contribution < -0.4 is 10.6 Å². The van der Waals surface area contributed by atoms with Crippen molar-refractivity contribution >= 4 is 5.96 Å². The van der Waals surface area contributed by atoms with Crippen LogP contribution >= 0.6 is 0 Å². The Morgan fingerprint density at radius 3 is 2.96 bits per heavy atom. The van der Waals surface area contributed by atoms with Gasteiger partial charge < -0.3 is 20.1 Å². The first-order valence-electron chi connectivity index (χ1n) is 9.79. The molecule has 6 heteroatoms. The maximum absolute atomic E-state index is 5.98. The van der Waals surface area contributed by atoms with Crippen LogP contribution in [0.1, 0.15) is 46.0 Å². The van der Waals surface area contributed by atoms with Gasteiger partial charge in [0.25, 0.3) is 0 Å². The van der Waals surface area contributed by atoms with Crippen molar-refractivity contribution < 1.29 is 9.47 Å². The number of hydrogen-bond donors (Lipinski definition) is 2. The molecule has 6 nitrogen and oxygen atoms in total. The number of unbranched alkanes of at least 4 members (excludes halogenated alkanes) is 1. The van der Waals surface area contributed by atoms with Gasteiger partial charge >= 0.3 is 0 Å². The first-order valence-corrected chi connectivity index (χ1v) is 9.79. The van der Waals surface area contributed by atoms with E-state index in [4.69, 9.17) is 14.5 Å². The molecule has 0 amide bonds. The highest BCUT2D eigenvalue weighted by Gasteiger charge is 2.31. The summed E-state index contributed by atoms with van der Waals surface area (Å²) in [5, 5.41) is 6.70. The summed E-state index contributed by atoms with van der Waals surface area (Å²) in [6.45, 7) is 11.6. The van der Waals surface area contributed by atoms with E-state index in [1.165, 1.54) is 25.8 Å². The average Bonchev–Trinajstić information content (AvgIpc) is 3.06. The topological polar surface area (TPSA) is 58.1 Å². The Morgan fingerprint density at radius 1 is 1.25 bits per heavy atom. The highest BCUT2D eigenvalue weighted by molar-refractivity contribution is 5.79. The molecule has 2 saturated heterocycles. The number of morpholine rings is 1. The summed E-state index contributed by atoms with van der Waals surface area (Å²) in [5.74, 6) is 0.887. The minimum atomic E-state index is 0.229. The van der Waals surface area contributed by atoms with E-state index in [0.717, 1.165) is 64.8 Å². The predicted octanol–water partition coefficient (Wildman–Crippen LogP) is 1.61. The van der Waals surface area contributed by atoms with Gasteiger partial charge in [-0.2, -0.15) is 0 Å². The molecule has 0 spiro atoms. The van der Waals surface area contributed by atoms with Crippen LogP contribution in [0.4, 0.5) is 0 Å². The van der Waals surface area contributed by atoms with E-state index < -0.39 is 0 Å². The first-order chi connectivity index (χ1) is 11.8. The maximum atomic E-state index is 5.98. The number of aliphatic imine (C=N–C) groups is 1. The number of ether oxygens (including phenoxy) is 2. The monoisotopic (exact) mass is 340 g/mol. The first kappa shape index (κ1) is 19.5. The molecule has 2 rings (SSSR count). The van der Waals surface area contributed by atoms with E-state index >= 15 is 0 Å². The highest BCUT2D eigenvalue weighted by Crippen LogP contribution is 2.22. The molecule has 0 aromatic carbocycles. The van der Waals surface area contributed by atoms with Crippen molar-refractivity contribution in [1.29, 1.82) is 0 Å². The number of nitrogens with one attached hydrogen (secondary N) is 2. The third-order valence-electron chi connectivity index (χ3n) is 4.66. The Labute approximate surface area is 147 Å². The van der Waals surface area contributed by atoms with E-state index in [1.54, 1.807) is 0 Å². The lowest BCUT2D eigenvalue weighted by Gasteiger charge is -2.34. The lowest BCUT2D eigenvalue weighted by atomic mass is 10.2. The SMILES string of the molecule is CCCCOCCCNC(=NCC1CN2CCCC2CO1)NCC. The Balaban J connectivity index is 1.62. The van der Waals surface area contributed by atoms with Crippen molar-refractivity contribution in [3.63, 3.8) is 0 Å². The Bertz CT molecular complexity index is 365. The number of rotatable bonds is 10. The second kappa shape index (κ2) is 11.7. The molecule has 2 heterocycles. The molecule has 2 fully saturated rings. The lowest BCUT2D eigenvalue weighted by Crippen LogP contribution is -2.47. The molecule has 0 saturated carbocycles. The van der Waals surface area contributed by atoms with E-state index in [0.29, 0.717) is 6.04 Å². The van der Waals surface area contributed by atoms with Crippen LogP contribution in [-0.4, -0.2) is 75.5 Å². The zero-order valence-corrected chi connectivity index (χ0v) is 15.6. The van der Waals surface area contributed by atoms with Gasteiger partial charge in [-0.3, -0.25) is 9.89 Å². The summed E-state index contributed by atoms with van der Waals surface area (Å²) in [4.78, 5) is 7.27. The second-order valence-corrected chi connectivity index (χ2v) is 6.71. The van der Waals surface area contributed by atoms with Gasteiger partial charge in [0.05, 0.1) is 19.3 Å². The van der Waals surface area contributed by atoms with Gasteiger partial charge in [0.15, 0.2) is 5.96 Å². The van der Waals surface area contributed by atoms with Crippen LogP contribution in [0, 0.1) is 0 Å². The van der Waals surface area contributed by atoms with Crippen molar-refractivity contribution in [2.75, 3.05) is 52.5 Å². The fourth-order valence-electron chi connectivity index (χ4n) is 3.26. The second-order valence-electron chi connectivity index (χ2n) is 6.71. The molecule has 2 unspecified atom stereocenters. The molecule has 0 aromatic rings. The molecule has 24 heavy (non-hydrogen) atoms. The maximum Gasteiger partial charge on any atom is 0.191 e. The molecule has 0 aromatic heterocycles. The van der Waals surface area contributed by atoms with Crippen LogP contribution in [0.15, 0.2) is 4.99 Å². The number of hydrogen-bond acceptors (Lipinski definition) is 4. The molecule has 0 bridgehead atoms. The normalized spacial score (nSPS) is 24.8. The minimum Gasteiger partial charge on any atom is -0.381 e. The molecule has 2 aliphatic rings. The number of fused-ring (bicyclic) bond motifs is 1. The van der Waals surface area contributed by atoms with Gasteiger partial charge in [0, 0.05) is 38.9 Å². The van der Waals surface area contributed by atoms with Crippen molar-refractivity contribution in [2.24, 2.45) is 4.99 Å². The summed E-state index contributed by atoms with van der Waals surface area (Å²) in [6.07, 6.45) is 6.18. The van der Waals surface area contributed by atoms with Gasteiger partial charge in [-0.1, -0.05) is 13.3 Å². The Morgan fingerprint density at radius 2 is 2.12 bits per heavy atom. The Hall–Kier alpha value is -0.850. The van der Waals surface area contributed by atoms with Gasteiger partial charge in [-0.25, -0.2) is 0 Å². The van der Waals surface area contributed by atoms with Crippen LogP contribution in [-0.2, 0) is 9.47 Å². The van der Waals surface area contributed by atoms with Crippen molar-refractivity contribution in [2.45, 2.75) is 58.1 Å². The third kappa shape index (κ3) is 6.95. The minimum absolute atomic E-state index is 0.229. The van der Waals surface area contributed by atoms with Gasteiger partial charge in [-0.15, -0.1) is 0 Å². The summed E-state index contributed by atoms with van der Waals surface area (Å²) in [5.41, 5.74) is 0. The quantitative estimate of drug-likeness (QED) is 0.359. The third-order valence-corrected chi connectivity index (χ3v) is 4.66. The smallest absolute Gasteiger partial charge is 0.191 e. The van der Waals surface area contributed by atoms with Crippen molar-refractivity contribution in [1.82, 2.24) is 15.5 Å². The molecule has 0 radical (unpaired) electrons. The van der Waals surface area contributed by atoms with Crippen LogP contribution in [0.5, 0.6) is 0 Å². The number of guanidine groups is 1. The average molecular weight is 341 g/mol. The van der Waals surface area contributed by atoms with E-state index in [2.05, 4.69) is 29.4 Å². The molecule has 140 valence electrons. The molecule has 2 atom stereocenters. The molecule has 2 N–H and O–H groups in total. The van der Waals surface area contributed by atoms with Crippen molar-refractivity contribution in [3.8, 4) is 0 Å². The predicted molar refractivity (Wildman–Crippen MR) is 98.7 cm³/mol. The molecule has 0 aliphatic carbocycles. The van der Waals surface area contributed by atoms with E-state index in [1.807, 2.05) is 0 Å². The lowest BCUT2D eigenvalue weighted by molar-refractivity contribution is -0.0432. The zero-order valence-electron chi connectivity index (χ0n) is 15.6. The largest absolute Gasteiger partial charge is 0.381 e. The zero-order chi connectivity index (χ0) is 17.0. The van der Waals surface area contributed by atoms with E-state index in [-0.39, 0.29) is 6.10 Å². The molecule has 2 aliphatic heterocycles. The summed E-state index contributed by atoms with van der Waals surface area (Å²) < 4.78 is 11.6.